The molecule has 3 fully saturated rings. The van der Waals surface area contributed by atoms with Gasteiger partial charge < -0.3 is 29.3 Å². The SMILES string of the molecule is C=CC(=O)N1CC2(CCN(c3nc(OC4CCNCC4)nc4c(OCc5cccc(OC)c5)c(-c5c(C)ccc6[nH]ncc56)c(C=C)cc34)CC2)C1. The lowest BCUT2D eigenvalue weighted by Gasteiger charge is -2.54. The molecule has 0 aliphatic carbocycles. The fraction of sp³-hybridized carbons (Fsp3) is 0.366. The molecule has 0 radical (unpaired) electrons. The van der Waals surface area contributed by atoms with E-state index in [2.05, 4.69) is 58.7 Å². The topological polar surface area (TPSA) is 118 Å². The molecule has 52 heavy (non-hydrogen) atoms. The van der Waals surface area contributed by atoms with Crippen LogP contribution < -0.4 is 24.4 Å². The van der Waals surface area contributed by atoms with Crippen LogP contribution in [0.1, 0.15) is 42.4 Å². The minimum absolute atomic E-state index is 0.00476. The predicted octanol–water partition coefficient (Wildman–Crippen LogP) is 6.46. The summed E-state index contributed by atoms with van der Waals surface area (Å²) in [5.74, 6) is 2.22. The minimum Gasteiger partial charge on any atom is -0.497 e. The van der Waals surface area contributed by atoms with Gasteiger partial charge in [-0.2, -0.15) is 15.1 Å². The van der Waals surface area contributed by atoms with Gasteiger partial charge in [0.1, 0.15) is 29.8 Å². The Bertz CT molecular complexity index is 2160. The molecule has 0 atom stereocenters. The molecule has 3 aliphatic heterocycles. The van der Waals surface area contributed by atoms with Crippen molar-refractivity contribution >= 4 is 39.6 Å². The molecule has 3 aliphatic rings. The Labute approximate surface area is 303 Å². The zero-order valence-corrected chi connectivity index (χ0v) is 29.9. The maximum Gasteiger partial charge on any atom is 0.319 e. The summed E-state index contributed by atoms with van der Waals surface area (Å²) in [7, 11) is 1.67. The second kappa shape index (κ2) is 14.0. The molecular formula is C41H45N7O4. The quantitative estimate of drug-likeness (QED) is 0.159. The number of ether oxygens (including phenoxy) is 3. The van der Waals surface area contributed by atoms with Crippen molar-refractivity contribution < 1.29 is 19.0 Å². The predicted molar refractivity (Wildman–Crippen MR) is 204 cm³/mol. The maximum atomic E-state index is 12.3. The van der Waals surface area contributed by atoms with Crippen LogP contribution in [0.15, 0.2) is 67.9 Å². The van der Waals surface area contributed by atoms with Crippen molar-refractivity contribution in [2.24, 2.45) is 5.41 Å². The lowest BCUT2D eigenvalue weighted by molar-refractivity contribution is -0.139. The molecule has 8 rings (SSSR count). The van der Waals surface area contributed by atoms with Gasteiger partial charge in [-0.05, 0) is 98.3 Å². The third kappa shape index (κ3) is 6.23. The highest BCUT2D eigenvalue weighted by Gasteiger charge is 2.46. The highest BCUT2D eigenvalue weighted by molar-refractivity contribution is 6.07. The van der Waals surface area contributed by atoms with Crippen molar-refractivity contribution in [3.63, 3.8) is 0 Å². The van der Waals surface area contributed by atoms with E-state index >= 15 is 0 Å². The number of benzene rings is 3. The molecular weight excluding hydrogens is 654 g/mol. The number of likely N-dealkylation sites (tertiary alicyclic amines) is 1. The van der Waals surface area contributed by atoms with Crippen molar-refractivity contribution in [3.8, 4) is 28.6 Å². The van der Waals surface area contributed by atoms with E-state index in [4.69, 9.17) is 24.2 Å². The largest absolute Gasteiger partial charge is 0.497 e. The van der Waals surface area contributed by atoms with Crippen LogP contribution in [0.3, 0.4) is 0 Å². The van der Waals surface area contributed by atoms with Crippen LogP contribution in [0.5, 0.6) is 17.5 Å². The highest BCUT2D eigenvalue weighted by atomic mass is 16.5. The van der Waals surface area contributed by atoms with Crippen molar-refractivity contribution in [2.75, 3.05) is 51.3 Å². The molecule has 11 heteroatoms. The van der Waals surface area contributed by atoms with E-state index in [1.165, 1.54) is 6.08 Å². The number of aromatic nitrogens is 4. The van der Waals surface area contributed by atoms with Crippen LogP contribution in [-0.2, 0) is 11.4 Å². The lowest BCUT2D eigenvalue weighted by atomic mass is 9.72. The summed E-state index contributed by atoms with van der Waals surface area (Å²) in [6.07, 6.45) is 8.84. The van der Waals surface area contributed by atoms with Gasteiger partial charge in [-0.25, -0.2) is 0 Å². The summed E-state index contributed by atoms with van der Waals surface area (Å²) in [4.78, 5) is 26.8. The third-order valence-electron chi connectivity index (χ3n) is 11.0. The van der Waals surface area contributed by atoms with Crippen LogP contribution in [0.2, 0.25) is 0 Å². The van der Waals surface area contributed by atoms with Gasteiger partial charge in [-0.15, -0.1) is 0 Å². The fourth-order valence-corrected chi connectivity index (χ4v) is 8.07. The van der Waals surface area contributed by atoms with Crippen LogP contribution in [0.25, 0.3) is 39.0 Å². The monoisotopic (exact) mass is 699 g/mol. The number of nitrogens with one attached hydrogen (secondary N) is 2. The molecule has 268 valence electrons. The molecule has 0 saturated carbocycles. The van der Waals surface area contributed by atoms with Gasteiger partial charge in [0.15, 0.2) is 5.75 Å². The first-order valence-electron chi connectivity index (χ1n) is 18.1. The van der Waals surface area contributed by atoms with E-state index in [0.717, 1.165) is 121 Å². The molecule has 5 aromatic rings. The smallest absolute Gasteiger partial charge is 0.319 e. The normalized spacial score (nSPS) is 17.3. The van der Waals surface area contributed by atoms with Crippen LogP contribution in [-0.4, -0.2) is 83.5 Å². The summed E-state index contributed by atoms with van der Waals surface area (Å²) in [6.45, 7) is 15.3. The minimum atomic E-state index is 0.00476. The molecule has 2 aromatic heterocycles. The van der Waals surface area contributed by atoms with Crippen molar-refractivity contribution in [1.29, 1.82) is 0 Å². The highest BCUT2D eigenvalue weighted by Crippen LogP contribution is 2.48. The van der Waals surface area contributed by atoms with Crippen molar-refractivity contribution in [1.82, 2.24) is 30.4 Å². The van der Waals surface area contributed by atoms with E-state index < -0.39 is 0 Å². The number of methoxy groups -OCH3 is 1. The molecule has 1 amide bonds. The second-order valence-corrected chi connectivity index (χ2v) is 14.3. The summed E-state index contributed by atoms with van der Waals surface area (Å²) in [5, 5.41) is 12.8. The Kier molecular flexibility index (Phi) is 9.04. The van der Waals surface area contributed by atoms with Crippen molar-refractivity contribution in [3.05, 3.63) is 84.6 Å². The summed E-state index contributed by atoms with van der Waals surface area (Å²) >= 11 is 0. The molecule has 3 aromatic carbocycles. The first-order valence-corrected chi connectivity index (χ1v) is 18.1. The summed E-state index contributed by atoms with van der Waals surface area (Å²) < 4.78 is 19.1. The Balaban J connectivity index is 1.28. The number of fused-ring (bicyclic) bond motifs is 2. The molecule has 0 bridgehead atoms. The molecule has 5 heterocycles. The van der Waals surface area contributed by atoms with Crippen molar-refractivity contribution in [2.45, 2.75) is 45.3 Å². The zero-order chi connectivity index (χ0) is 35.8. The first kappa shape index (κ1) is 33.7. The number of nitrogens with zero attached hydrogens (tertiary/aromatic N) is 5. The number of hydrogen-bond donors (Lipinski definition) is 2. The Morgan fingerprint density at radius 3 is 2.60 bits per heavy atom. The van der Waals surface area contributed by atoms with Gasteiger partial charge in [0.05, 0.1) is 18.8 Å². The van der Waals surface area contributed by atoms with Gasteiger partial charge in [-0.3, -0.25) is 9.89 Å². The fourth-order valence-electron chi connectivity index (χ4n) is 8.07. The average Bonchev–Trinajstić information content (AvgIpc) is 3.65. The number of amides is 1. The second-order valence-electron chi connectivity index (χ2n) is 14.3. The number of carbonyl (C=O) groups excluding carboxylic acids is 1. The number of hydrogen-bond acceptors (Lipinski definition) is 9. The van der Waals surface area contributed by atoms with Crippen LogP contribution in [0, 0.1) is 12.3 Å². The van der Waals surface area contributed by atoms with Gasteiger partial charge in [0.2, 0.25) is 5.91 Å². The van der Waals surface area contributed by atoms with Gasteiger partial charge in [0, 0.05) is 47.9 Å². The molecule has 2 N–H and O–H groups in total. The van der Waals surface area contributed by atoms with Crippen LogP contribution in [0.4, 0.5) is 5.82 Å². The molecule has 11 nitrogen and oxygen atoms in total. The van der Waals surface area contributed by atoms with Gasteiger partial charge in [0.25, 0.3) is 0 Å². The number of H-pyrrole nitrogens is 1. The van der Waals surface area contributed by atoms with E-state index in [-0.39, 0.29) is 24.0 Å². The molecule has 0 unspecified atom stereocenters. The lowest BCUT2D eigenvalue weighted by Crippen LogP contribution is -2.61. The number of rotatable bonds is 10. The first-order chi connectivity index (χ1) is 25.4. The number of anilines is 1. The molecule has 3 saturated heterocycles. The van der Waals surface area contributed by atoms with E-state index in [0.29, 0.717) is 17.3 Å². The maximum absolute atomic E-state index is 12.3. The Morgan fingerprint density at radius 2 is 1.85 bits per heavy atom. The Morgan fingerprint density at radius 1 is 1.04 bits per heavy atom. The number of aromatic amines is 1. The summed E-state index contributed by atoms with van der Waals surface area (Å²) in [5.41, 5.74) is 6.59. The number of aryl methyl sites for hydroxylation is 1. The summed E-state index contributed by atoms with van der Waals surface area (Å²) in [6, 6.07) is 14.6. The zero-order valence-electron chi connectivity index (χ0n) is 29.9. The average molecular weight is 700 g/mol. The van der Waals surface area contributed by atoms with Gasteiger partial charge >= 0.3 is 6.01 Å². The van der Waals surface area contributed by atoms with E-state index in [1.54, 1.807) is 7.11 Å². The molecule has 1 spiro atoms. The van der Waals surface area contributed by atoms with E-state index in [9.17, 15) is 4.79 Å². The van der Waals surface area contributed by atoms with Crippen LogP contribution >= 0.6 is 0 Å². The number of piperidine rings is 2. The number of carbonyl (C=O) groups is 1. The Hall–Kier alpha value is -5.42. The van der Waals surface area contributed by atoms with Gasteiger partial charge in [-0.1, -0.05) is 37.4 Å². The third-order valence-corrected chi connectivity index (χ3v) is 11.0. The van der Waals surface area contributed by atoms with E-state index in [1.807, 2.05) is 41.4 Å². The standard InChI is InChI=1S/C41H45N7O4/c1-5-28-21-31-37(38(51-23-27-8-7-9-30(20-27)50-4)36(28)35-26(3)10-11-33-32(35)22-43-46-33)44-40(52-29-12-16-42-17-13-29)45-39(31)47-18-14-41(15-19-47)24-48(25-41)34(49)6-2/h5-11,20-22,29,42H,1-2,12-19,23-25H2,3-4H3,(H,43,46).